The molecule has 0 fully saturated rings. The van der Waals surface area contributed by atoms with Crippen molar-refractivity contribution in [3.63, 3.8) is 0 Å². The Morgan fingerprint density at radius 1 is 0.316 bits per heavy atom. The number of para-hydroxylation sites is 7. The van der Waals surface area contributed by atoms with Gasteiger partial charge in [-0.25, -0.2) is 0 Å². The molecule has 0 radical (unpaired) electrons. The zero-order valence-corrected chi connectivity index (χ0v) is 44.1. The molecule has 4 heteroatoms. The van der Waals surface area contributed by atoms with Crippen molar-refractivity contribution in [1.82, 2.24) is 0 Å². The van der Waals surface area contributed by atoms with E-state index in [0.717, 1.165) is 62.6 Å². The fourth-order valence-electron chi connectivity index (χ4n) is 12.1. The molecule has 1 spiro atoms. The van der Waals surface area contributed by atoms with Crippen LogP contribution in [0.3, 0.4) is 0 Å². The lowest BCUT2D eigenvalue weighted by Crippen LogP contribution is -2.27. The fourth-order valence-corrected chi connectivity index (χ4v) is 12.1. The molecule has 79 heavy (non-hydrogen) atoms. The van der Waals surface area contributed by atoms with Gasteiger partial charge in [0.05, 0.1) is 5.41 Å². The lowest BCUT2D eigenvalue weighted by Gasteiger charge is -2.35. The van der Waals surface area contributed by atoms with Gasteiger partial charge in [-0.3, -0.25) is 0 Å². The summed E-state index contributed by atoms with van der Waals surface area (Å²) in [5, 5.41) is 0. The summed E-state index contributed by atoms with van der Waals surface area (Å²) in [5.74, 6) is 0. The highest BCUT2D eigenvalue weighted by Crippen LogP contribution is 2.65. The van der Waals surface area contributed by atoms with E-state index in [1.165, 1.54) is 50.1 Å². The third-order valence-corrected chi connectivity index (χ3v) is 15.6. The fraction of sp³-hybridized carbons (Fsp3) is 0.0400. The minimum absolute atomic E-state index is 0.657. The Labute approximate surface area is 464 Å². The highest BCUT2D eigenvalue weighted by atomic mass is 15.2. The number of fused-ring (bicyclic) bond motifs is 10. The quantitative estimate of drug-likeness (QED) is 0.0949. The molecule has 0 amide bonds. The first-order chi connectivity index (χ1) is 39.1. The predicted molar refractivity (Wildman–Crippen MR) is 333 cm³/mol. The molecule has 378 valence electrons. The van der Waals surface area contributed by atoms with Crippen LogP contribution in [0.2, 0.25) is 0 Å². The van der Waals surface area contributed by atoms with Crippen molar-refractivity contribution < 1.29 is 0 Å². The van der Waals surface area contributed by atoms with E-state index < -0.39 is 5.41 Å². The van der Waals surface area contributed by atoms with E-state index in [2.05, 4.69) is 324 Å². The lowest BCUT2D eigenvalue weighted by atomic mass is 9.70. The van der Waals surface area contributed by atoms with E-state index in [4.69, 9.17) is 0 Å². The molecule has 13 rings (SSSR count). The van der Waals surface area contributed by atoms with Crippen LogP contribution in [-0.4, -0.2) is 6.54 Å². The predicted octanol–water partition coefficient (Wildman–Crippen LogP) is 20.2. The zero-order chi connectivity index (χ0) is 53.1. The van der Waals surface area contributed by atoms with Crippen LogP contribution in [0, 0.1) is 6.92 Å². The third-order valence-electron chi connectivity index (χ3n) is 15.6. The van der Waals surface area contributed by atoms with Gasteiger partial charge in [0.15, 0.2) is 0 Å². The van der Waals surface area contributed by atoms with Crippen LogP contribution in [-0.2, 0) is 5.41 Å². The highest BCUT2D eigenvalue weighted by molar-refractivity contribution is 5.99. The summed E-state index contributed by atoms with van der Waals surface area (Å²) in [6.07, 6.45) is 10.2. The molecule has 2 aliphatic rings. The second kappa shape index (κ2) is 21.1. The molecular weight excluding hydrogens is 957 g/mol. The summed E-state index contributed by atoms with van der Waals surface area (Å²) in [7, 11) is 0. The summed E-state index contributed by atoms with van der Waals surface area (Å²) in [5.41, 5.74) is 22.2. The van der Waals surface area contributed by atoms with Crippen LogP contribution in [0.1, 0.15) is 27.8 Å². The zero-order valence-electron chi connectivity index (χ0n) is 44.1. The first kappa shape index (κ1) is 48.5. The average molecular weight is 1020 g/mol. The smallest absolute Gasteiger partial charge is 0.0728 e. The van der Waals surface area contributed by atoms with Crippen LogP contribution in [0.15, 0.2) is 316 Å². The number of hydrogen-bond donors (Lipinski definition) is 0. The Kier molecular flexibility index (Phi) is 13.0. The van der Waals surface area contributed by atoms with Crippen molar-refractivity contribution in [2.75, 3.05) is 26.1 Å². The van der Waals surface area contributed by atoms with Crippen LogP contribution in [0.4, 0.5) is 62.6 Å². The van der Waals surface area contributed by atoms with Gasteiger partial charge in [-0.2, -0.15) is 0 Å². The van der Waals surface area contributed by atoms with Gasteiger partial charge in [0.2, 0.25) is 0 Å². The number of aryl methyl sites for hydroxylation is 1. The molecule has 0 N–H and O–H groups in total. The van der Waals surface area contributed by atoms with E-state index in [9.17, 15) is 0 Å². The molecule has 0 heterocycles. The Bertz CT molecular complexity index is 3850. The summed E-state index contributed by atoms with van der Waals surface area (Å²) >= 11 is 0. The number of hydrogen-bond acceptors (Lipinski definition) is 4. The SMILES string of the molecule is C=C/C=C\C=C/CN(c1ccccc1)c1ccc2c(c1)C1(c3cc(N(c4ccccc4)c4ccccc4)ccc3-2)c2cc(N(c3ccccc3)c3ccccc3)ccc2-c2ccc(N(c3ccccc3)c3ccccc3C)cc21. The number of allylic oxidation sites excluding steroid dienone is 4. The van der Waals surface area contributed by atoms with E-state index in [1.54, 1.807) is 0 Å². The van der Waals surface area contributed by atoms with E-state index in [0.29, 0.717) is 6.54 Å². The highest BCUT2D eigenvalue weighted by Gasteiger charge is 2.53. The van der Waals surface area contributed by atoms with Gasteiger partial charge in [0.25, 0.3) is 0 Å². The Morgan fingerprint density at radius 3 is 1.04 bits per heavy atom. The van der Waals surface area contributed by atoms with Gasteiger partial charge in [-0.1, -0.05) is 189 Å². The second-order valence-corrected chi connectivity index (χ2v) is 20.1. The Balaban J connectivity index is 1.14. The molecular formula is C75H58N4. The van der Waals surface area contributed by atoms with Crippen LogP contribution >= 0.6 is 0 Å². The van der Waals surface area contributed by atoms with Crippen molar-refractivity contribution in [2.45, 2.75) is 12.3 Å². The summed E-state index contributed by atoms with van der Waals surface area (Å²) in [6, 6.07) is 102. The Morgan fingerprint density at radius 2 is 0.646 bits per heavy atom. The van der Waals surface area contributed by atoms with Crippen LogP contribution < -0.4 is 19.6 Å². The maximum absolute atomic E-state index is 3.91. The molecule has 0 aromatic heterocycles. The minimum Gasteiger partial charge on any atom is -0.338 e. The van der Waals surface area contributed by atoms with E-state index in [1.807, 2.05) is 18.2 Å². The summed E-state index contributed by atoms with van der Waals surface area (Å²) in [4.78, 5) is 9.67. The standard InChI is InChI=1S/C75H58N4/c1-3-4-5-6-27-50-76(56-29-13-7-14-30-56)62-42-46-66-67-47-43-63(77(57-31-15-8-16-32-57)58-33-17-9-18-34-58)52-71(67)75(70(66)51-62)72-53-64(78(59-35-19-10-20-36-59)60-37-21-11-22-38-60)44-48-68(72)69-49-45-65(54-73(69)75)79(61-39-23-12-24-40-61)74-41-26-25-28-55(74)2/h3-49,51-54H,1,50H2,2H3/b5-4-,27-6-. The molecule has 0 bridgehead atoms. The van der Waals surface area contributed by atoms with Crippen molar-refractivity contribution in [1.29, 1.82) is 0 Å². The van der Waals surface area contributed by atoms with Gasteiger partial charge in [-0.05, 0) is 184 Å². The molecule has 1 atom stereocenters. The molecule has 0 aliphatic heterocycles. The van der Waals surface area contributed by atoms with Gasteiger partial charge in [0.1, 0.15) is 0 Å². The number of anilines is 11. The maximum Gasteiger partial charge on any atom is 0.0728 e. The molecule has 11 aromatic rings. The molecule has 0 saturated carbocycles. The topological polar surface area (TPSA) is 13.0 Å². The monoisotopic (exact) mass is 1010 g/mol. The van der Waals surface area contributed by atoms with Crippen molar-refractivity contribution >= 4 is 62.6 Å². The van der Waals surface area contributed by atoms with Crippen molar-refractivity contribution in [3.05, 3.63) is 344 Å². The van der Waals surface area contributed by atoms with Gasteiger partial charge < -0.3 is 19.6 Å². The van der Waals surface area contributed by atoms with Crippen LogP contribution in [0.25, 0.3) is 22.3 Å². The van der Waals surface area contributed by atoms with E-state index in [-0.39, 0.29) is 0 Å². The number of nitrogens with zero attached hydrogens (tertiary/aromatic N) is 4. The Hall–Kier alpha value is -10.2. The van der Waals surface area contributed by atoms with Gasteiger partial charge in [-0.15, -0.1) is 0 Å². The number of benzene rings is 11. The second-order valence-electron chi connectivity index (χ2n) is 20.1. The first-order valence-electron chi connectivity index (χ1n) is 27.2. The normalized spacial score (nSPS) is 13.7. The molecule has 2 aliphatic carbocycles. The molecule has 1 unspecified atom stereocenters. The molecule has 11 aromatic carbocycles. The first-order valence-corrected chi connectivity index (χ1v) is 27.2. The van der Waals surface area contributed by atoms with E-state index >= 15 is 0 Å². The molecule has 0 saturated heterocycles. The van der Waals surface area contributed by atoms with Crippen LogP contribution in [0.5, 0.6) is 0 Å². The maximum atomic E-state index is 3.91. The average Bonchev–Trinajstić information content (AvgIpc) is 3.67. The number of rotatable bonds is 15. The molecule has 4 nitrogen and oxygen atoms in total. The van der Waals surface area contributed by atoms with Gasteiger partial charge >= 0.3 is 0 Å². The van der Waals surface area contributed by atoms with Crippen molar-refractivity contribution in [2.24, 2.45) is 0 Å². The van der Waals surface area contributed by atoms with Gasteiger partial charge in [0, 0.05) is 69.1 Å². The minimum atomic E-state index is -0.815. The summed E-state index contributed by atoms with van der Waals surface area (Å²) in [6.45, 7) is 6.78. The third kappa shape index (κ3) is 8.70. The lowest BCUT2D eigenvalue weighted by molar-refractivity contribution is 0.793. The summed E-state index contributed by atoms with van der Waals surface area (Å²) < 4.78 is 0. The largest absolute Gasteiger partial charge is 0.338 e. The van der Waals surface area contributed by atoms with Crippen molar-refractivity contribution in [3.8, 4) is 22.3 Å².